The number of halogens is 3. The Kier molecular flexibility index (Phi) is 2.92. The van der Waals surface area contributed by atoms with E-state index in [1.165, 1.54) is 6.07 Å². The van der Waals surface area contributed by atoms with Gasteiger partial charge in [-0.05, 0) is 30.0 Å². The van der Waals surface area contributed by atoms with E-state index in [9.17, 15) is 13.2 Å². The van der Waals surface area contributed by atoms with Crippen LogP contribution < -0.4 is 0 Å². The monoisotopic (exact) mass is 270 g/mol. The van der Waals surface area contributed by atoms with E-state index in [0.717, 1.165) is 0 Å². The Morgan fingerprint density at radius 1 is 1.05 bits per heavy atom. The Hall–Kier alpha value is -1.52. The minimum absolute atomic E-state index is 0.283. The van der Waals surface area contributed by atoms with Gasteiger partial charge >= 0.3 is 6.18 Å². The van der Waals surface area contributed by atoms with Crippen LogP contribution in [0.1, 0.15) is 37.7 Å². The number of imidazole rings is 1. The van der Waals surface area contributed by atoms with Gasteiger partial charge in [-0.1, -0.05) is 20.8 Å². The van der Waals surface area contributed by atoms with Crippen molar-refractivity contribution < 1.29 is 13.2 Å². The van der Waals surface area contributed by atoms with Gasteiger partial charge < -0.3 is 4.57 Å². The Morgan fingerprint density at radius 2 is 1.63 bits per heavy atom. The molecule has 19 heavy (non-hydrogen) atoms. The van der Waals surface area contributed by atoms with Gasteiger partial charge in [-0.2, -0.15) is 13.2 Å². The third-order valence-corrected chi connectivity index (χ3v) is 3.36. The van der Waals surface area contributed by atoms with Crippen LogP contribution in [0.4, 0.5) is 13.2 Å². The zero-order valence-electron chi connectivity index (χ0n) is 11.7. The minimum Gasteiger partial charge on any atom is -0.331 e. The normalized spacial score (nSPS) is 13.3. The number of alkyl halides is 3. The second kappa shape index (κ2) is 3.99. The van der Waals surface area contributed by atoms with Crippen molar-refractivity contribution >= 4 is 11.0 Å². The van der Waals surface area contributed by atoms with E-state index in [4.69, 9.17) is 0 Å². The second-order valence-electron chi connectivity index (χ2n) is 5.85. The van der Waals surface area contributed by atoms with E-state index < -0.39 is 17.2 Å². The molecule has 0 unspecified atom stereocenters. The molecule has 0 aliphatic carbocycles. The molecule has 2 nitrogen and oxygen atoms in total. The number of nitrogens with zero attached hydrogens (tertiary/aromatic N) is 2. The third-order valence-electron chi connectivity index (χ3n) is 3.36. The summed E-state index contributed by atoms with van der Waals surface area (Å²) in [6.45, 7) is 7.11. The number of hydrogen-bond donors (Lipinski definition) is 0. The molecule has 2 rings (SSSR count). The molecule has 0 saturated carbocycles. The van der Waals surface area contributed by atoms with Crippen molar-refractivity contribution in [2.75, 3.05) is 0 Å². The number of aromatic nitrogens is 2. The van der Waals surface area contributed by atoms with Gasteiger partial charge in [0.15, 0.2) is 0 Å². The molecule has 0 aliphatic rings. The molecule has 0 saturated heterocycles. The first kappa shape index (κ1) is 13.9. The molecule has 1 heterocycles. The summed E-state index contributed by atoms with van der Waals surface area (Å²) in [5.74, 6) is 0.703. The maximum absolute atomic E-state index is 13.2. The van der Waals surface area contributed by atoms with Crippen LogP contribution in [-0.2, 0) is 18.6 Å². The first-order chi connectivity index (χ1) is 8.51. The fraction of sp³-hybridized carbons (Fsp3) is 0.500. The van der Waals surface area contributed by atoms with Crippen molar-refractivity contribution in [2.24, 2.45) is 7.05 Å². The van der Waals surface area contributed by atoms with E-state index in [0.29, 0.717) is 16.9 Å². The Bertz CT molecular complexity index is 631. The van der Waals surface area contributed by atoms with Crippen LogP contribution in [0, 0.1) is 6.92 Å². The summed E-state index contributed by atoms with van der Waals surface area (Å²) in [6.07, 6.45) is -4.35. The van der Waals surface area contributed by atoms with Crippen LogP contribution in [0.25, 0.3) is 11.0 Å². The summed E-state index contributed by atoms with van der Waals surface area (Å²) in [7, 11) is 1.72. The standard InChI is InChI=1S/C14H17F3N2/c1-8-18-11-6-9(13(2,3)4)10(14(15,16)17)7-12(11)19(8)5/h6-7H,1-5H3. The van der Waals surface area contributed by atoms with Gasteiger partial charge in [0.25, 0.3) is 0 Å². The molecule has 104 valence electrons. The van der Waals surface area contributed by atoms with Gasteiger partial charge in [0, 0.05) is 7.05 Å². The first-order valence-electron chi connectivity index (χ1n) is 6.06. The lowest BCUT2D eigenvalue weighted by molar-refractivity contribution is -0.138. The minimum atomic E-state index is -4.35. The Labute approximate surface area is 110 Å². The highest BCUT2D eigenvalue weighted by Gasteiger charge is 2.37. The first-order valence-corrected chi connectivity index (χ1v) is 6.06. The number of aryl methyl sites for hydroxylation is 2. The molecule has 0 aliphatic heterocycles. The Morgan fingerprint density at radius 3 is 2.11 bits per heavy atom. The van der Waals surface area contributed by atoms with Crippen LogP contribution in [0.3, 0.4) is 0 Å². The van der Waals surface area contributed by atoms with Crippen LogP contribution in [0.15, 0.2) is 12.1 Å². The molecule has 1 aromatic heterocycles. The number of hydrogen-bond acceptors (Lipinski definition) is 1. The van der Waals surface area contributed by atoms with Gasteiger partial charge in [0.1, 0.15) is 5.82 Å². The van der Waals surface area contributed by atoms with Crippen LogP contribution in [0.2, 0.25) is 0 Å². The van der Waals surface area contributed by atoms with Gasteiger partial charge in [0.2, 0.25) is 0 Å². The molecule has 2 aromatic rings. The van der Waals surface area contributed by atoms with E-state index in [1.54, 1.807) is 45.4 Å². The second-order valence-corrected chi connectivity index (χ2v) is 5.85. The molecule has 0 amide bonds. The average molecular weight is 270 g/mol. The number of fused-ring (bicyclic) bond motifs is 1. The lowest BCUT2D eigenvalue weighted by Gasteiger charge is -2.24. The molecular weight excluding hydrogens is 253 g/mol. The van der Waals surface area contributed by atoms with Crippen molar-refractivity contribution in [3.63, 3.8) is 0 Å². The average Bonchev–Trinajstić information content (AvgIpc) is 2.51. The fourth-order valence-electron chi connectivity index (χ4n) is 2.21. The van der Waals surface area contributed by atoms with E-state index >= 15 is 0 Å². The maximum Gasteiger partial charge on any atom is 0.416 e. The van der Waals surface area contributed by atoms with Crippen molar-refractivity contribution in [1.29, 1.82) is 0 Å². The Balaban J connectivity index is 2.86. The van der Waals surface area contributed by atoms with Gasteiger partial charge in [-0.25, -0.2) is 4.98 Å². The van der Waals surface area contributed by atoms with E-state index in [2.05, 4.69) is 4.98 Å². The van der Waals surface area contributed by atoms with E-state index in [-0.39, 0.29) is 5.56 Å². The molecule has 0 bridgehead atoms. The lowest BCUT2D eigenvalue weighted by Crippen LogP contribution is -2.19. The highest BCUT2D eigenvalue weighted by Crippen LogP contribution is 2.39. The predicted molar refractivity (Wildman–Crippen MR) is 69.2 cm³/mol. The van der Waals surface area contributed by atoms with E-state index in [1.807, 2.05) is 0 Å². The van der Waals surface area contributed by atoms with Crippen molar-refractivity contribution in [1.82, 2.24) is 9.55 Å². The predicted octanol–water partition coefficient (Wildman–Crippen LogP) is 4.20. The summed E-state index contributed by atoms with van der Waals surface area (Å²) in [5, 5.41) is 0. The topological polar surface area (TPSA) is 17.8 Å². The molecule has 1 aromatic carbocycles. The van der Waals surface area contributed by atoms with Crippen molar-refractivity contribution in [2.45, 2.75) is 39.3 Å². The molecule has 5 heteroatoms. The quantitative estimate of drug-likeness (QED) is 0.701. The zero-order chi connectivity index (χ0) is 14.6. The summed E-state index contributed by atoms with van der Waals surface area (Å²) < 4.78 is 41.3. The maximum atomic E-state index is 13.2. The summed E-state index contributed by atoms with van der Waals surface area (Å²) in [4.78, 5) is 4.31. The third kappa shape index (κ3) is 2.33. The smallest absolute Gasteiger partial charge is 0.331 e. The SMILES string of the molecule is Cc1nc2cc(C(C)(C)C)c(C(F)(F)F)cc2n1C. The molecule has 0 radical (unpaired) electrons. The largest absolute Gasteiger partial charge is 0.416 e. The molecule has 0 fully saturated rings. The van der Waals surface area contributed by atoms with Crippen molar-refractivity contribution in [3.8, 4) is 0 Å². The highest BCUT2D eigenvalue weighted by atomic mass is 19.4. The highest BCUT2D eigenvalue weighted by molar-refractivity contribution is 5.78. The van der Waals surface area contributed by atoms with Crippen LogP contribution >= 0.6 is 0 Å². The molecule has 0 atom stereocenters. The lowest BCUT2D eigenvalue weighted by atomic mass is 9.83. The van der Waals surface area contributed by atoms with Gasteiger partial charge in [-0.3, -0.25) is 0 Å². The number of benzene rings is 1. The summed E-state index contributed by atoms with van der Waals surface area (Å²) in [5.41, 5.74) is 0.252. The van der Waals surface area contributed by atoms with Crippen molar-refractivity contribution in [3.05, 3.63) is 29.1 Å². The summed E-state index contributed by atoms with van der Waals surface area (Å²) >= 11 is 0. The molecular formula is C14H17F3N2. The molecule has 0 N–H and O–H groups in total. The number of rotatable bonds is 0. The summed E-state index contributed by atoms with van der Waals surface area (Å²) in [6, 6.07) is 2.76. The molecule has 0 spiro atoms. The van der Waals surface area contributed by atoms with Crippen LogP contribution in [0.5, 0.6) is 0 Å². The fourth-order valence-corrected chi connectivity index (χ4v) is 2.21. The zero-order valence-corrected chi connectivity index (χ0v) is 11.7. The van der Waals surface area contributed by atoms with Crippen LogP contribution in [-0.4, -0.2) is 9.55 Å². The van der Waals surface area contributed by atoms with Gasteiger partial charge in [-0.15, -0.1) is 0 Å². The van der Waals surface area contributed by atoms with Gasteiger partial charge in [0.05, 0.1) is 16.6 Å².